The minimum Gasteiger partial charge on any atom is -0.468 e. The van der Waals surface area contributed by atoms with Crippen LogP contribution in [0.1, 0.15) is 34.1 Å². The summed E-state index contributed by atoms with van der Waals surface area (Å²) in [5, 5.41) is 0. The Bertz CT molecular complexity index is 228. The van der Waals surface area contributed by atoms with Crippen molar-refractivity contribution in [1.82, 2.24) is 4.90 Å². The summed E-state index contributed by atoms with van der Waals surface area (Å²) in [5.41, 5.74) is -0.488. The van der Waals surface area contributed by atoms with Gasteiger partial charge in [-0.25, -0.2) is 0 Å². The van der Waals surface area contributed by atoms with Crippen LogP contribution in [-0.2, 0) is 9.53 Å². The van der Waals surface area contributed by atoms with E-state index in [9.17, 15) is 4.79 Å². The van der Waals surface area contributed by atoms with Crippen LogP contribution in [0, 0.1) is 11.8 Å². The molecule has 1 aliphatic heterocycles. The lowest BCUT2D eigenvalue weighted by atomic mass is 9.88. The molecule has 0 N–H and O–H groups in total. The molecule has 88 valence electrons. The van der Waals surface area contributed by atoms with Crippen molar-refractivity contribution in [2.75, 3.05) is 20.2 Å². The SMILES string of the molecule is COC(=O)C(C)(C)N1C[C@H](C)C[C@@H](C)C1. The van der Waals surface area contributed by atoms with Crippen molar-refractivity contribution < 1.29 is 9.53 Å². The molecule has 0 aromatic rings. The van der Waals surface area contributed by atoms with Gasteiger partial charge in [0, 0.05) is 13.1 Å². The van der Waals surface area contributed by atoms with Crippen LogP contribution >= 0.6 is 0 Å². The van der Waals surface area contributed by atoms with E-state index in [1.807, 2.05) is 13.8 Å². The number of hydrogen-bond acceptors (Lipinski definition) is 3. The smallest absolute Gasteiger partial charge is 0.325 e. The molecule has 3 heteroatoms. The summed E-state index contributed by atoms with van der Waals surface area (Å²) in [4.78, 5) is 13.9. The Kier molecular flexibility index (Phi) is 3.77. The zero-order valence-electron chi connectivity index (χ0n) is 10.5. The Balaban J connectivity index is 2.73. The zero-order valence-corrected chi connectivity index (χ0v) is 10.5. The Hall–Kier alpha value is -0.570. The van der Waals surface area contributed by atoms with E-state index in [1.165, 1.54) is 13.5 Å². The van der Waals surface area contributed by atoms with Crippen molar-refractivity contribution in [1.29, 1.82) is 0 Å². The van der Waals surface area contributed by atoms with Gasteiger partial charge in [-0.05, 0) is 32.1 Å². The molecule has 0 aliphatic carbocycles. The predicted molar refractivity (Wildman–Crippen MR) is 60.6 cm³/mol. The van der Waals surface area contributed by atoms with Crippen LogP contribution in [0.2, 0.25) is 0 Å². The Morgan fingerprint density at radius 1 is 1.27 bits per heavy atom. The maximum absolute atomic E-state index is 11.7. The average molecular weight is 213 g/mol. The number of carbonyl (C=O) groups excluding carboxylic acids is 1. The molecular formula is C12H23NO2. The average Bonchev–Trinajstić information content (AvgIpc) is 2.15. The van der Waals surface area contributed by atoms with E-state index < -0.39 is 5.54 Å². The largest absolute Gasteiger partial charge is 0.468 e. The molecule has 1 aliphatic rings. The molecule has 0 bridgehead atoms. The van der Waals surface area contributed by atoms with Crippen molar-refractivity contribution in [2.45, 2.75) is 39.7 Å². The van der Waals surface area contributed by atoms with Crippen LogP contribution in [-0.4, -0.2) is 36.6 Å². The maximum atomic E-state index is 11.7. The van der Waals surface area contributed by atoms with Crippen LogP contribution in [0.5, 0.6) is 0 Å². The number of hydrogen-bond donors (Lipinski definition) is 0. The fourth-order valence-corrected chi connectivity index (χ4v) is 2.50. The third kappa shape index (κ3) is 2.71. The lowest BCUT2D eigenvalue weighted by Gasteiger charge is -2.43. The van der Waals surface area contributed by atoms with Crippen LogP contribution < -0.4 is 0 Å². The normalized spacial score (nSPS) is 28.9. The Labute approximate surface area is 92.8 Å². The fraction of sp³-hybridized carbons (Fsp3) is 0.917. The summed E-state index contributed by atoms with van der Waals surface area (Å²) in [6.45, 7) is 10.4. The van der Waals surface area contributed by atoms with Crippen molar-refractivity contribution in [3.63, 3.8) is 0 Å². The van der Waals surface area contributed by atoms with Crippen LogP contribution in [0.25, 0.3) is 0 Å². The van der Waals surface area contributed by atoms with Crippen LogP contribution in [0.4, 0.5) is 0 Å². The molecule has 0 saturated carbocycles. The molecule has 0 unspecified atom stereocenters. The first-order chi connectivity index (χ1) is 6.87. The van der Waals surface area contributed by atoms with Crippen LogP contribution in [0.3, 0.4) is 0 Å². The number of nitrogens with zero attached hydrogens (tertiary/aromatic N) is 1. The first-order valence-electron chi connectivity index (χ1n) is 5.71. The van der Waals surface area contributed by atoms with E-state index in [4.69, 9.17) is 4.74 Å². The summed E-state index contributed by atoms with van der Waals surface area (Å²) in [5.74, 6) is 1.19. The lowest BCUT2D eigenvalue weighted by Crippen LogP contribution is -2.55. The molecule has 2 atom stereocenters. The van der Waals surface area contributed by atoms with Gasteiger partial charge in [0.25, 0.3) is 0 Å². The predicted octanol–water partition coefficient (Wildman–Crippen LogP) is 1.92. The van der Waals surface area contributed by atoms with Gasteiger partial charge in [-0.2, -0.15) is 0 Å². The monoisotopic (exact) mass is 213 g/mol. The first-order valence-corrected chi connectivity index (χ1v) is 5.71. The number of rotatable bonds is 2. The molecule has 0 aromatic carbocycles. The molecule has 0 spiro atoms. The summed E-state index contributed by atoms with van der Waals surface area (Å²) in [6.07, 6.45) is 1.26. The summed E-state index contributed by atoms with van der Waals surface area (Å²) < 4.78 is 4.86. The molecule has 1 rings (SSSR count). The maximum Gasteiger partial charge on any atom is 0.325 e. The van der Waals surface area contributed by atoms with Gasteiger partial charge in [0.1, 0.15) is 5.54 Å². The lowest BCUT2D eigenvalue weighted by molar-refractivity contribution is -0.155. The highest BCUT2D eigenvalue weighted by molar-refractivity contribution is 5.79. The van der Waals surface area contributed by atoms with Crippen LogP contribution in [0.15, 0.2) is 0 Å². The topological polar surface area (TPSA) is 29.5 Å². The van der Waals surface area contributed by atoms with Gasteiger partial charge >= 0.3 is 5.97 Å². The second-order valence-electron chi connectivity index (χ2n) is 5.40. The number of ether oxygens (including phenoxy) is 1. The molecule has 1 fully saturated rings. The fourth-order valence-electron chi connectivity index (χ4n) is 2.50. The second-order valence-corrected chi connectivity index (χ2v) is 5.40. The molecule has 15 heavy (non-hydrogen) atoms. The van der Waals surface area contributed by atoms with E-state index in [-0.39, 0.29) is 5.97 Å². The minimum atomic E-state index is -0.488. The van der Waals surface area contributed by atoms with E-state index in [0.29, 0.717) is 11.8 Å². The first kappa shape index (κ1) is 12.5. The molecule has 1 saturated heterocycles. The summed E-state index contributed by atoms with van der Waals surface area (Å²) >= 11 is 0. The number of carbonyl (C=O) groups is 1. The van der Waals surface area contributed by atoms with Gasteiger partial charge in [-0.1, -0.05) is 13.8 Å². The number of likely N-dealkylation sites (tertiary alicyclic amines) is 1. The Morgan fingerprint density at radius 3 is 2.13 bits per heavy atom. The number of piperidine rings is 1. The van der Waals surface area contributed by atoms with E-state index in [2.05, 4.69) is 18.7 Å². The molecule has 1 heterocycles. The number of methoxy groups -OCH3 is 1. The van der Waals surface area contributed by atoms with Gasteiger partial charge in [0.15, 0.2) is 0 Å². The third-order valence-electron chi connectivity index (χ3n) is 3.34. The van der Waals surface area contributed by atoms with Crippen molar-refractivity contribution in [3.8, 4) is 0 Å². The quantitative estimate of drug-likeness (QED) is 0.656. The van der Waals surface area contributed by atoms with E-state index >= 15 is 0 Å². The van der Waals surface area contributed by atoms with Gasteiger partial charge in [-0.3, -0.25) is 9.69 Å². The van der Waals surface area contributed by atoms with Gasteiger partial charge in [0.2, 0.25) is 0 Å². The number of esters is 1. The molecule has 3 nitrogen and oxygen atoms in total. The molecule has 0 aromatic heterocycles. The van der Waals surface area contributed by atoms with Gasteiger partial charge in [0.05, 0.1) is 7.11 Å². The van der Waals surface area contributed by atoms with Crippen molar-refractivity contribution >= 4 is 5.97 Å². The van der Waals surface area contributed by atoms with E-state index in [1.54, 1.807) is 0 Å². The highest BCUT2D eigenvalue weighted by atomic mass is 16.5. The standard InChI is InChI=1S/C12H23NO2/c1-9-6-10(2)8-13(7-9)12(3,4)11(14)15-5/h9-10H,6-8H2,1-5H3/t9-,10-/m1/s1. The summed E-state index contributed by atoms with van der Waals surface area (Å²) in [7, 11) is 1.46. The summed E-state index contributed by atoms with van der Waals surface area (Å²) in [6, 6.07) is 0. The van der Waals surface area contributed by atoms with Gasteiger partial charge in [-0.15, -0.1) is 0 Å². The van der Waals surface area contributed by atoms with E-state index in [0.717, 1.165) is 13.1 Å². The minimum absolute atomic E-state index is 0.135. The third-order valence-corrected chi connectivity index (χ3v) is 3.34. The zero-order chi connectivity index (χ0) is 11.6. The Morgan fingerprint density at radius 2 is 1.73 bits per heavy atom. The highest BCUT2D eigenvalue weighted by Gasteiger charge is 2.38. The van der Waals surface area contributed by atoms with Crippen molar-refractivity contribution in [3.05, 3.63) is 0 Å². The molecule has 0 amide bonds. The van der Waals surface area contributed by atoms with Gasteiger partial charge < -0.3 is 4.74 Å². The molecule has 0 radical (unpaired) electrons. The second kappa shape index (κ2) is 4.52. The highest BCUT2D eigenvalue weighted by Crippen LogP contribution is 2.27. The van der Waals surface area contributed by atoms with Crippen molar-refractivity contribution in [2.24, 2.45) is 11.8 Å². The molecular weight excluding hydrogens is 190 g/mol.